The van der Waals surface area contributed by atoms with E-state index in [-0.39, 0.29) is 12.6 Å². The van der Waals surface area contributed by atoms with Crippen LogP contribution < -0.4 is 4.74 Å². The second-order valence-electron chi connectivity index (χ2n) is 6.31. The van der Waals surface area contributed by atoms with Crippen LogP contribution >= 0.6 is 11.3 Å². The van der Waals surface area contributed by atoms with Crippen molar-refractivity contribution in [1.29, 1.82) is 0 Å². The van der Waals surface area contributed by atoms with Crippen molar-refractivity contribution in [2.45, 2.75) is 32.4 Å². The van der Waals surface area contributed by atoms with Crippen LogP contribution in [-0.4, -0.2) is 54.3 Å². The van der Waals surface area contributed by atoms with E-state index in [2.05, 4.69) is 21.5 Å². The maximum Gasteiger partial charge on any atom is 0.343 e. The van der Waals surface area contributed by atoms with Gasteiger partial charge in [-0.15, -0.1) is 11.3 Å². The largest absolute Gasteiger partial charge is 0.482 e. The summed E-state index contributed by atoms with van der Waals surface area (Å²) in [5.41, 5.74) is 1.90. The van der Waals surface area contributed by atoms with E-state index in [9.17, 15) is 9.90 Å². The van der Waals surface area contributed by atoms with Crippen LogP contribution in [0.1, 0.15) is 29.3 Å². The average molecular weight is 378 g/mol. The highest BCUT2D eigenvalue weighted by atomic mass is 32.1. The molecule has 1 heterocycles. The number of aryl methyl sites for hydroxylation is 1. The summed E-state index contributed by atoms with van der Waals surface area (Å²) in [6.07, 6.45) is 0.262. The number of esters is 1. The van der Waals surface area contributed by atoms with Crippen molar-refractivity contribution in [3.8, 4) is 5.75 Å². The van der Waals surface area contributed by atoms with Crippen molar-refractivity contribution in [3.63, 3.8) is 0 Å². The molecule has 0 aliphatic rings. The molecule has 2 rings (SSSR count). The van der Waals surface area contributed by atoms with E-state index in [0.717, 1.165) is 22.7 Å². The first-order valence-electron chi connectivity index (χ1n) is 8.48. The standard InChI is InChI=1S/C19H26N2O4S/c1-13(21(3)10-18(22)17-12-26-14(2)20-17)9-15-5-7-16(8-6-15)25-11-19(23)24-4/h5-8,12-13,18,22H,9-11H2,1-4H3. The molecule has 1 aromatic heterocycles. The van der Waals surface area contributed by atoms with Crippen molar-refractivity contribution in [3.05, 3.63) is 45.9 Å². The zero-order valence-corrected chi connectivity index (χ0v) is 16.5. The number of carbonyl (C=O) groups is 1. The predicted molar refractivity (Wildman–Crippen MR) is 102 cm³/mol. The first-order chi connectivity index (χ1) is 12.4. The van der Waals surface area contributed by atoms with Gasteiger partial charge in [-0.3, -0.25) is 0 Å². The third-order valence-corrected chi connectivity index (χ3v) is 5.02. The van der Waals surface area contributed by atoms with E-state index in [1.165, 1.54) is 7.11 Å². The summed E-state index contributed by atoms with van der Waals surface area (Å²) in [6, 6.07) is 7.91. The van der Waals surface area contributed by atoms with Gasteiger partial charge in [-0.25, -0.2) is 9.78 Å². The normalized spacial score (nSPS) is 13.5. The number of rotatable bonds is 9. The van der Waals surface area contributed by atoms with Gasteiger partial charge in [-0.2, -0.15) is 0 Å². The van der Waals surface area contributed by atoms with Crippen LogP contribution in [0.25, 0.3) is 0 Å². The number of nitrogens with zero attached hydrogens (tertiary/aromatic N) is 2. The number of hydrogen-bond acceptors (Lipinski definition) is 7. The smallest absolute Gasteiger partial charge is 0.343 e. The SMILES string of the molecule is COC(=O)COc1ccc(CC(C)N(C)CC(O)c2csc(C)n2)cc1. The summed E-state index contributed by atoms with van der Waals surface area (Å²) in [5.74, 6) is 0.229. The highest BCUT2D eigenvalue weighted by Crippen LogP contribution is 2.19. The first-order valence-corrected chi connectivity index (χ1v) is 9.36. The predicted octanol–water partition coefficient (Wildman–Crippen LogP) is 2.60. The second kappa shape index (κ2) is 9.66. The first kappa shape index (κ1) is 20.4. The van der Waals surface area contributed by atoms with E-state index in [1.807, 2.05) is 43.6 Å². The number of likely N-dealkylation sites (N-methyl/N-ethyl adjacent to an activating group) is 1. The molecule has 0 fully saturated rings. The molecule has 2 unspecified atom stereocenters. The molecule has 0 saturated heterocycles. The Morgan fingerprint density at radius 3 is 2.62 bits per heavy atom. The third-order valence-electron chi connectivity index (χ3n) is 4.23. The average Bonchev–Trinajstić information content (AvgIpc) is 3.07. The van der Waals surface area contributed by atoms with Gasteiger partial charge in [0.15, 0.2) is 6.61 Å². The van der Waals surface area contributed by atoms with Gasteiger partial charge in [0, 0.05) is 18.0 Å². The minimum absolute atomic E-state index is 0.0943. The van der Waals surface area contributed by atoms with Crippen LogP contribution in [0.4, 0.5) is 0 Å². The van der Waals surface area contributed by atoms with Crippen LogP contribution in [0.5, 0.6) is 5.75 Å². The van der Waals surface area contributed by atoms with Crippen molar-refractivity contribution in [2.24, 2.45) is 0 Å². The molecule has 1 aromatic carbocycles. The lowest BCUT2D eigenvalue weighted by Gasteiger charge is -2.26. The molecule has 0 bridgehead atoms. The third kappa shape index (κ3) is 6.09. The molecular formula is C19H26N2O4S. The zero-order chi connectivity index (χ0) is 19.1. The number of aromatic nitrogens is 1. The Labute approximate surface area is 158 Å². The molecule has 1 N–H and O–H groups in total. The summed E-state index contributed by atoms with van der Waals surface area (Å²) < 4.78 is 9.89. The van der Waals surface area contributed by atoms with Crippen LogP contribution in [0.2, 0.25) is 0 Å². The number of methoxy groups -OCH3 is 1. The van der Waals surface area contributed by atoms with Crippen LogP contribution in [-0.2, 0) is 16.0 Å². The summed E-state index contributed by atoms with van der Waals surface area (Å²) in [4.78, 5) is 17.6. The zero-order valence-electron chi connectivity index (χ0n) is 15.6. The molecule has 142 valence electrons. The summed E-state index contributed by atoms with van der Waals surface area (Å²) in [5, 5.41) is 13.2. The van der Waals surface area contributed by atoms with Gasteiger partial charge < -0.3 is 19.5 Å². The Balaban J connectivity index is 1.84. The second-order valence-corrected chi connectivity index (χ2v) is 7.37. The highest BCUT2D eigenvalue weighted by molar-refractivity contribution is 7.09. The van der Waals surface area contributed by atoms with E-state index in [1.54, 1.807) is 11.3 Å². The van der Waals surface area contributed by atoms with Gasteiger partial charge in [0.1, 0.15) is 11.9 Å². The summed E-state index contributed by atoms with van der Waals surface area (Å²) in [6.45, 7) is 4.50. The number of benzene rings is 1. The molecule has 6 nitrogen and oxygen atoms in total. The Morgan fingerprint density at radius 2 is 2.04 bits per heavy atom. The summed E-state index contributed by atoms with van der Waals surface area (Å²) >= 11 is 1.55. The Morgan fingerprint density at radius 1 is 1.35 bits per heavy atom. The molecule has 0 saturated carbocycles. The molecule has 2 aromatic rings. The minimum atomic E-state index is -0.582. The molecule has 0 aliphatic carbocycles. The quantitative estimate of drug-likeness (QED) is 0.676. The van der Waals surface area contributed by atoms with Crippen LogP contribution in [0, 0.1) is 6.92 Å². The Bertz CT molecular complexity index is 702. The van der Waals surface area contributed by atoms with E-state index < -0.39 is 12.1 Å². The highest BCUT2D eigenvalue weighted by Gasteiger charge is 2.17. The fourth-order valence-corrected chi connectivity index (χ4v) is 3.16. The van der Waals surface area contributed by atoms with Crippen molar-refractivity contribution in [2.75, 3.05) is 27.3 Å². The monoisotopic (exact) mass is 378 g/mol. The van der Waals surface area contributed by atoms with Gasteiger partial charge in [0.05, 0.1) is 17.8 Å². The van der Waals surface area contributed by atoms with E-state index >= 15 is 0 Å². The number of ether oxygens (including phenoxy) is 2. The molecule has 2 atom stereocenters. The molecule has 0 spiro atoms. The van der Waals surface area contributed by atoms with Gasteiger partial charge in [-0.05, 0) is 45.0 Å². The maximum absolute atomic E-state index is 11.1. The molecule has 26 heavy (non-hydrogen) atoms. The molecule has 0 aliphatic heterocycles. The maximum atomic E-state index is 11.1. The van der Waals surface area contributed by atoms with Gasteiger partial charge >= 0.3 is 5.97 Å². The molecule has 0 radical (unpaired) electrons. The lowest BCUT2D eigenvalue weighted by atomic mass is 10.1. The Hall–Kier alpha value is -1.96. The number of carbonyl (C=O) groups excluding carboxylic acids is 1. The number of aliphatic hydroxyl groups is 1. The lowest BCUT2D eigenvalue weighted by Crippen LogP contribution is -2.34. The Kier molecular flexibility index (Phi) is 7.56. The lowest BCUT2D eigenvalue weighted by molar-refractivity contribution is -0.142. The fraction of sp³-hybridized carbons (Fsp3) is 0.474. The number of thiazole rings is 1. The molecule has 7 heteroatoms. The minimum Gasteiger partial charge on any atom is -0.482 e. The van der Waals surface area contributed by atoms with Crippen LogP contribution in [0.15, 0.2) is 29.6 Å². The van der Waals surface area contributed by atoms with Crippen molar-refractivity contribution in [1.82, 2.24) is 9.88 Å². The van der Waals surface area contributed by atoms with Gasteiger partial charge in [0.25, 0.3) is 0 Å². The van der Waals surface area contributed by atoms with Crippen molar-refractivity contribution < 1.29 is 19.4 Å². The van der Waals surface area contributed by atoms with E-state index in [4.69, 9.17) is 4.74 Å². The van der Waals surface area contributed by atoms with Gasteiger partial charge in [0.2, 0.25) is 0 Å². The molecule has 0 amide bonds. The van der Waals surface area contributed by atoms with Crippen molar-refractivity contribution >= 4 is 17.3 Å². The topological polar surface area (TPSA) is 71.9 Å². The molecular weight excluding hydrogens is 352 g/mol. The van der Waals surface area contributed by atoms with Crippen LogP contribution in [0.3, 0.4) is 0 Å². The number of hydrogen-bond donors (Lipinski definition) is 1. The van der Waals surface area contributed by atoms with Gasteiger partial charge in [-0.1, -0.05) is 12.1 Å². The number of aliphatic hydroxyl groups excluding tert-OH is 1. The van der Waals surface area contributed by atoms with E-state index in [0.29, 0.717) is 12.3 Å². The fourth-order valence-electron chi connectivity index (χ4n) is 2.50. The summed E-state index contributed by atoms with van der Waals surface area (Å²) in [7, 11) is 3.33.